The largest absolute Gasteiger partial charge is 0.435 e. The number of nitrogens with zero attached hydrogens (tertiary/aromatic N) is 2. The first-order valence-corrected chi connectivity index (χ1v) is 9.99. The lowest BCUT2D eigenvalue weighted by Gasteiger charge is -2.15. The van der Waals surface area contributed by atoms with Crippen LogP contribution in [0.3, 0.4) is 0 Å². The fourth-order valence-electron chi connectivity index (χ4n) is 3.24. The lowest BCUT2D eigenvalue weighted by molar-refractivity contribution is -0.142. The standard InChI is InChI=1S/C17H19F4N3O2S/c1-11-10-12(6-7-14(11)18)27(25,26)22-8-9-24-15-5-3-2-4-13(15)16(23-24)17(19,20)21/h6-7,10,22H,2-5,8-9H2,1H3. The highest BCUT2D eigenvalue weighted by Gasteiger charge is 2.39. The first kappa shape index (κ1) is 19.8. The van der Waals surface area contributed by atoms with Crippen molar-refractivity contribution in [2.24, 2.45) is 0 Å². The zero-order chi connectivity index (χ0) is 19.8. The number of benzene rings is 1. The molecule has 1 heterocycles. The van der Waals surface area contributed by atoms with E-state index in [1.165, 1.54) is 17.7 Å². The molecule has 0 radical (unpaired) electrons. The van der Waals surface area contributed by atoms with Gasteiger partial charge >= 0.3 is 6.18 Å². The van der Waals surface area contributed by atoms with Crippen LogP contribution in [0.4, 0.5) is 17.6 Å². The molecule has 0 bridgehead atoms. The number of nitrogens with one attached hydrogen (secondary N) is 1. The van der Waals surface area contributed by atoms with E-state index in [4.69, 9.17) is 0 Å². The highest BCUT2D eigenvalue weighted by Crippen LogP contribution is 2.35. The lowest BCUT2D eigenvalue weighted by Crippen LogP contribution is -2.28. The summed E-state index contributed by atoms with van der Waals surface area (Å²) in [5.41, 5.74) is 0.0409. The van der Waals surface area contributed by atoms with Gasteiger partial charge in [-0.2, -0.15) is 18.3 Å². The highest BCUT2D eigenvalue weighted by molar-refractivity contribution is 7.89. The van der Waals surface area contributed by atoms with Gasteiger partial charge in [-0.25, -0.2) is 17.5 Å². The van der Waals surface area contributed by atoms with Crippen LogP contribution in [0.2, 0.25) is 0 Å². The second kappa shape index (κ2) is 7.23. The number of sulfonamides is 1. The van der Waals surface area contributed by atoms with E-state index < -0.39 is 27.7 Å². The summed E-state index contributed by atoms with van der Waals surface area (Å²) in [6.07, 6.45) is -2.26. The molecule has 27 heavy (non-hydrogen) atoms. The fraction of sp³-hybridized carbons (Fsp3) is 0.471. The van der Waals surface area contributed by atoms with Crippen molar-refractivity contribution in [1.29, 1.82) is 0 Å². The van der Waals surface area contributed by atoms with E-state index in [9.17, 15) is 26.0 Å². The van der Waals surface area contributed by atoms with Gasteiger partial charge in [0, 0.05) is 17.8 Å². The number of aromatic nitrogens is 2. The number of fused-ring (bicyclic) bond motifs is 1. The van der Waals surface area contributed by atoms with Crippen LogP contribution in [0.1, 0.15) is 35.4 Å². The molecule has 5 nitrogen and oxygen atoms in total. The summed E-state index contributed by atoms with van der Waals surface area (Å²) in [4.78, 5) is -0.0973. The molecule has 1 aromatic heterocycles. The SMILES string of the molecule is Cc1cc(S(=O)(=O)NCCn2nc(C(F)(F)F)c3c2CCCC3)ccc1F. The third-order valence-electron chi connectivity index (χ3n) is 4.58. The zero-order valence-electron chi connectivity index (χ0n) is 14.6. The van der Waals surface area contributed by atoms with Gasteiger partial charge in [0.25, 0.3) is 0 Å². The molecule has 10 heteroatoms. The third-order valence-corrected chi connectivity index (χ3v) is 6.04. The minimum atomic E-state index is -4.53. The summed E-state index contributed by atoms with van der Waals surface area (Å²) in [5, 5.41) is 3.69. The van der Waals surface area contributed by atoms with Gasteiger partial charge in [-0.05, 0) is 56.4 Å². The maximum Gasteiger partial charge on any atom is 0.435 e. The first-order chi connectivity index (χ1) is 12.6. The Hall–Kier alpha value is -1.94. The smallest absolute Gasteiger partial charge is 0.267 e. The Kier molecular flexibility index (Phi) is 5.31. The minimum absolute atomic E-state index is 0.0161. The van der Waals surface area contributed by atoms with Crippen LogP contribution in [0.25, 0.3) is 0 Å². The predicted molar refractivity (Wildman–Crippen MR) is 90.2 cm³/mol. The molecule has 0 fully saturated rings. The van der Waals surface area contributed by atoms with Gasteiger partial charge in [0.15, 0.2) is 5.69 Å². The molecule has 0 spiro atoms. The summed E-state index contributed by atoms with van der Waals surface area (Å²) >= 11 is 0. The Labute approximate surface area is 154 Å². The van der Waals surface area contributed by atoms with Gasteiger partial charge in [-0.15, -0.1) is 0 Å². The van der Waals surface area contributed by atoms with Gasteiger partial charge < -0.3 is 0 Å². The third kappa shape index (κ3) is 4.16. The van der Waals surface area contributed by atoms with Crippen molar-refractivity contribution in [3.63, 3.8) is 0 Å². The molecule has 1 aliphatic carbocycles. The molecule has 2 aromatic rings. The fourth-order valence-corrected chi connectivity index (χ4v) is 4.34. The van der Waals surface area contributed by atoms with Gasteiger partial charge in [0.05, 0.1) is 11.4 Å². The Morgan fingerprint density at radius 1 is 1.22 bits per heavy atom. The topological polar surface area (TPSA) is 64.0 Å². The number of halogens is 4. The normalized spacial score (nSPS) is 15.0. The van der Waals surface area contributed by atoms with E-state index >= 15 is 0 Å². The van der Waals surface area contributed by atoms with Crippen molar-refractivity contribution >= 4 is 10.0 Å². The Balaban J connectivity index is 1.75. The maximum absolute atomic E-state index is 13.3. The summed E-state index contributed by atoms with van der Waals surface area (Å²) in [5.74, 6) is -0.517. The van der Waals surface area contributed by atoms with Crippen LogP contribution in [0, 0.1) is 12.7 Å². The molecule has 1 aliphatic rings. The predicted octanol–water partition coefficient (Wildman–Crippen LogP) is 3.21. The van der Waals surface area contributed by atoms with Crippen molar-refractivity contribution < 1.29 is 26.0 Å². The van der Waals surface area contributed by atoms with Crippen LogP contribution < -0.4 is 4.72 Å². The highest BCUT2D eigenvalue weighted by atomic mass is 32.2. The second-order valence-electron chi connectivity index (χ2n) is 6.51. The van der Waals surface area contributed by atoms with Gasteiger partial charge in [0.2, 0.25) is 10.0 Å². The Morgan fingerprint density at radius 3 is 2.59 bits per heavy atom. The van der Waals surface area contributed by atoms with E-state index in [0.29, 0.717) is 25.0 Å². The molecule has 0 atom stereocenters. The van der Waals surface area contributed by atoms with Crippen LogP contribution in [-0.4, -0.2) is 24.7 Å². The van der Waals surface area contributed by atoms with Crippen molar-refractivity contribution in [2.45, 2.75) is 50.2 Å². The van der Waals surface area contributed by atoms with E-state index in [1.807, 2.05) is 0 Å². The van der Waals surface area contributed by atoms with E-state index in [0.717, 1.165) is 18.6 Å². The van der Waals surface area contributed by atoms with Crippen molar-refractivity contribution in [3.05, 3.63) is 46.5 Å². The van der Waals surface area contributed by atoms with Crippen LogP contribution in [0.15, 0.2) is 23.1 Å². The van der Waals surface area contributed by atoms with Crippen LogP contribution >= 0.6 is 0 Å². The van der Waals surface area contributed by atoms with Crippen LogP contribution in [-0.2, 0) is 35.6 Å². The molecule has 3 rings (SSSR count). The van der Waals surface area contributed by atoms with E-state index in [2.05, 4.69) is 9.82 Å². The van der Waals surface area contributed by atoms with E-state index in [1.54, 1.807) is 0 Å². The average Bonchev–Trinajstić information content (AvgIpc) is 2.96. The number of hydrogen-bond donors (Lipinski definition) is 1. The van der Waals surface area contributed by atoms with Gasteiger partial charge in [-0.3, -0.25) is 4.68 Å². The van der Waals surface area contributed by atoms with Crippen molar-refractivity contribution in [1.82, 2.24) is 14.5 Å². The average molecular weight is 405 g/mol. The summed E-state index contributed by atoms with van der Waals surface area (Å²) in [6.45, 7) is 1.31. The molecular formula is C17H19F4N3O2S. The molecule has 0 unspecified atom stereocenters. The quantitative estimate of drug-likeness (QED) is 0.777. The molecular weight excluding hydrogens is 386 g/mol. The molecule has 1 N–H and O–H groups in total. The zero-order valence-corrected chi connectivity index (χ0v) is 15.4. The number of alkyl halides is 3. The van der Waals surface area contributed by atoms with Gasteiger partial charge in [0.1, 0.15) is 5.82 Å². The minimum Gasteiger partial charge on any atom is -0.267 e. The van der Waals surface area contributed by atoms with Crippen molar-refractivity contribution in [3.8, 4) is 0 Å². The monoisotopic (exact) mass is 405 g/mol. The molecule has 0 amide bonds. The summed E-state index contributed by atoms with van der Waals surface area (Å²) in [7, 11) is -3.89. The Morgan fingerprint density at radius 2 is 1.93 bits per heavy atom. The number of hydrogen-bond acceptors (Lipinski definition) is 3. The molecule has 0 saturated carbocycles. The van der Waals surface area contributed by atoms with Crippen LogP contribution in [0.5, 0.6) is 0 Å². The molecule has 148 valence electrons. The second-order valence-corrected chi connectivity index (χ2v) is 8.28. The number of rotatable bonds is 5. The first-order valence-electron chi connectivity index (χ1n) is 8.51. The number of aryl methyl sites for hydroxylation is 1. The van der Waals surface area contributed by atoms with Crippen molar-refractivity contribution in [2.75, 3.05) is 6.54 Å². The lowest BCUT2D eigenvalue weighted by atomic mass is 9.95. The molecule has 1 aromatic carbocycles. The Bertz CT molecular complexity index is 952. The summed E-state index contributed by atoms with van der Waals surface area (Å²) in [6, 6.07) is 3.40. The molecule has 0 saturated heterocycles. The summed E-state index contributed by atoms with van der Waals surface area (Å²) < 4.78 is 81.0. The van der Waals surface area contributed by atoms with E-state index in [-0.39, 0.29) is 29.1 Å². The van der Waals surface area contributed by atoms with Gasteiger partial charge in [-0.1, -0.05) is 0 Å². The maximum atomic E-state index is 13.3. The molecule has 0 aliphatic heterocycles.